The number of aromatic nitrogens is 1. The quantitative estimate of drug-likeness (QED) is 0.929. The van der Waals surface area contributed by atoms with Gasteiger partial charge >= 0.3 is 0 Å². The van der Waals surface area contributed by atoms with Crippen LogP contribution in [0.2, 0.25) is 0 Å². The number of hydrogen-bond acceptors (Lipinski definition) is 2. The Balaban J connectivity index is 1.99. The predicted molar refractivity (Wildman–Crippen MR) is 73.6 cm³/mol. The number of nitrogens with one attached hydrogen (secondary N) is 1. The summed E-state index contributed by atoms with van der Waals surface area (Å²) in [6, 6.07) is 14.5. The highest BCUT2D eigenvalue weighted by Crippen LogP contribution is 2.22. The van der Waals surface area contributed by atoms with Crippen molar-refractivity contribution in [2.45, 2.75) is 19.5 Å². The Kier molecular flexibility index (Phi) is 4.29. The Morgan fingerprint density at radius 3 is 2.65 bits per heavy atom. The Bertz CT molecular complexity index is 471. The maximum Gasteiger partial charge on any atom is 0.0541 e. The van der Waals surface area contributed by atoms with Gasteiger partial charge in [-0.25, -0.2) is 0 Å². The van der Waals surface area contributed by atoms with Crippen molar-refractivity contribution in [3.63, 3.8) is 0 Å². The molecule has 17 heavy (non-hydrogen) atoms. The van der Waals surface area contributed by atoms with Gasteiger partial charge in [-0.05, 0) is 30.7 Å². The maximum atomic E-state index is 4.29. The molecule has 88 valence electrons. The fraction of sp³-hybridized carbons (Fsp3) is 0.214. The van der Waals surface area contributed by atoms with Gasteiger partial charge in [0.2, 0.25) is 0 Å². The standard InChI is InChI=1S/C14H15BrN2/c1-11(13-7-2-3-8-14(13)15)17-10-12-6-4-5-9-16-12/h2-9,11,17H,10H2,1H3/t11-/m1/s1. The number of benzene rings is 1. The molecule has 0 radical (unpaired) electrons. The van der Waals surface area contributed by atoms with Gasteiger partial charge in [-0.1, -0.05) is 40.2 Å². The van der Waals surface area contributed by atoms with Gasteiger partial charge in [0.1, 0.15) is 0 Å². The number of rotatable bonds is 4. The van der Waals surface area contributed by atoms with Crippen LogP contribution in [0.4, 0.5) is 0 Å². The highest BCUT2D eigenvalue weighted by molar-refractivity contribution is 9.10. The van der Waals surface area contributed by atoms with E-state index in [9.17, 15) is 0 Å². The van der Waals surface area contributed by atoms with E-state index in [-0.39, 0.29) is 0 Å². The number of halogens is 1. The molecule has 3 heteroatoms. The van der Waals surface area contributed by atoms with E-state index in [1.807, 2.05) is 30.5 Å². The maximum absolute atomic E-state index is 4.29. The van der Waals surface area contributed by atoms with Gasteiger partial charge in [0.05, 0.1) is 5.69 Å². The minimum atomic E-state index is 0.299. The second-order valence-electron chi connectivity index (χ2n) is 3.95. The van der Waals surface area contributed by atoms with Crippen LogP contribution >= 0.6 is 15.9 Å². The minimum Gasteiger partial charge on any atom is -0.305 e. The van der Waals surface area contributed by atoms with Crippen LogP contribution in [0.25, 0.3) is 0 Å². The molecule has 0 aliphatic carbocycles. The summed E-state index contributed by atoms with van der Waals surface area (Å²) in [6.45, 7) is 2.94. The number of pyridine rings is 1. The van der Waals surface area contributed by atoms with Crippen molar-refractivity contribution in [2.75, 3.05) is 0 Å². The zero-order chi connectivity index (χ0) is 12.1. The predicted octanol–water partition coefficient (Wildman–Crippen LogP) is 3.69. The van der Waals surface area contributed by atoms with E-state index < -0.39 is 0 Å². The lowest BCUT2D eigenvalue weighted by Gasteiger charge is -2.15. The molecule has 2 nitrogen and oxygen atoms in total. The number of nitrogens with zero attached hydrogens (tertiary/aromatic N) is 1. The van der Waals surface area contributed by atoms with Crippen LogP contribution < -0.4 is 5.32 Å². The summed E-state index contributed by atoms with van der Waals surface area (Å²) in [5.41, 5.74) is 2.33. The third-order valence-corrected chi connectivity index (χ3v) is 3.41. The van der Waals surface area contributed by atoms with Gasteiger partial charge in [0.25, 0.3) is 0 Å². The first kappa shape index (κ1) is 12.3. The molecule has 0 aliphatic rings. The molecule has 1 N–H and O–H groups in total. The van der Waals surface area contributed by atoms with E-state index in [2.05, 4.69) is 51.4 Å². The van der Waals surface area contributed by atoms with Crippen molar-refractivity contribution >= 4 is 15.9 Å². The van der Waals surface area contributed by atoms with E-state index in [1.165, 1.54) is 5.56 Å². The third-order valence-electron chi connectivity index (χ3n) is 2.69. The van der Waals surface area contributed by atoms with E-state index in [1.54, 1.807) is 0 Å². The van der Waals surface area contributed by atoms with Crippen molar-refractivity contribution in [1.82, 2.24) is 10.3 Å². The second kappa shape index (κ2) is 5.94. The lowest BCUT2D eigenvalue weighted by atomic mass is 10.1. The fourth-order valence-electron chi connectivity index (χ4n) is 1.70. The Morgan fingerprint density at radius 2 is 1.94 bits per heavy atom. The van der Waals surface area contributed by atoms with Crippen molar-refractivity contribution < 1.29 is 0 Å². The van der Waals surface area contributed by atoms with E-state index >= 15 is 0 Å². The summed E-state index contributed by atoms with van der Waals surface area (Å²) in [6.07, 6.45) is 1.82. The minimum absolute atomic E-state index is 0.299. The summed E-state index contributed by atoms with van der Waals surface area (Å²) < 4.78 is 1.14. The summed E-state index contributed by atoms with van der Waals surface area (Å²) in [7, 11) is 0. The molecule has 1 heterocycles. The summed E-state index contributed by atoms with van der Waals surface area (Å²) in [5, 5.41) is 3.46. The molecule has 0 unspecified atom stereocenters. The van der Waals surface area contributed by atoms with Crippen molar-refractivity contribution in [2.24, 2.45) is 0 Å². The lowest BCUT2D eigenvalue weighted by molar-refractivity contribution is 0.566. The average Bonchev–Trinajstić information content (AvgIpc) is 2.38. The molecule has 0 fully saturated rings. The fourth-order valence-corrected chi connectivity index (χ4v) is 2.32. The van der Waals surface area contributed by atoms with E-state index in [0.717, 1.165) is 16.7 Å². The van der Waals surface area contributed by atoms with Gasteiger partial charge in [0, 0.05) is 23.3 Å². The molecule has 1 aromatic heterocycles. The molecule has 2 rings (SSSR count). The molecular weight excluding hydrogens is 276 g/mol. The summed E-state index contributed by atoms with van der Waals surface area (Å²) in [5.74, 6) is 0. The zero-order valence-corrected chi connectivity index (χ0v) is 11.3. The zero-order valence-electron chi connectivity index (χ0n) is 9.73. The number of hydrogen-bond donors (Lipinski definition) is 1. The normalized spacial score (nSPS) is 12.4. The van der Waals surface area contributed by atoms with Crippen LogP contribution in [0.3, 0.4) is 0 Å². The van der Waals surface area contributed by atoms with E-state index in [4.69, 9.17) is 0 Å². The van der Waals surface area contributed by atoms with Crippen LogP contribution in [0.15, 0.2) is 53.1 Å². The highest BCUT2D eigenvalue weighted by atomic mass is 79.9. The van der Waals surface area contributed by atoms with Gasteiger partial charge < -0.3 is 5.32 Å². The van der Waals surface area contributed by atoms with Crippen molar-refractivity contribution in [1.29, 1.82) is 0 Å². The Morgan fingerprint density at radius 1 is 1.18 bits per heavy atom. The SMILES string of the molecule is C[C@@H](NCc1ccccn1)c1ccccc1Br. The molecule has 2 aromatic rings. The second-order valence-corrected chi connectivity index (χ2v) is 4.80. The molecule has 0 bridgehead atoms. The van der Waals surface area contributed by atoms with Gasteiger partial charge in [-0.15, -0.1) is 0 Å². The monoisotopic (exact) mass is 290 g/mol. The molecule has 0 aliphatic heterocycles. The lowest BCUT2D eigenvalue weighted by Crippen LogP contribution is -2.19. The van der Waals surface area contributed by atoms with Crippen molar-refractivity contribution in [3.8, 4) is 0 Å². The molecule has 0 spiro atoms. The first-order valence-electron chi connectivity index (χ1n) is 5.65. The molecule has 1 atom stereocenters. The molecule has 0 saturated carbocycles. The molecule has 1 aromatic carbocycles. The third kappa shape index (κ3) is 3.38. The highest BCUT2D eigenvalue weighted by Gasteiger charge is 2.07. The summed E-state index contributed by atoms with van der Waals surface area (Å²) in [4.78, 5) is 4.29. The van der Waals surface area contributed by atoms with Gasteiger partial charge in [0.15, 0.2) is 0 Å². The van der Waals surface area contributed by atoms with Crippen LogP contribution in [0, 0.1) is 0 Å². The van der Waals surface area contributed by atoms with Gasteiger partial charge in [-0.2, -0.15) is 0 Å². The Labute approximate surface area is 110 Å². The van der Waals surface area contributed by atoms with Crippen LogP contribution in [-0.2, 0) is 6.54 Å². The molecule has 0 amide bonds. The smallest absolute Gasteiger partial charge is 0.0541 e. The van der Waals surface area contributed by atoms with Crippen LogP contribution in [-0.4, -0.2) is 4.98 Å². The van der Waals surface area contributed by atoms with E-state index in [0.29, 0.717) is 6.04 Å². The first-order chi connectivity index (χ1) is 8.27. The average molecular weight is 291 g/mol. The molecule has 0 saturated heterocycles. The van der Waals surface area contributed by atoms with Crippen LogP contribution in [0.5, 0.6) is 0 Å². The van der Waals surface area contributed by atoms with Crippen molar-refractivity contribution in [3.05, 3.63) is 64.4 Å². The Hall–Kier alpha value is -1.19. The summed E-state index contributed by atoms with van der Waals surface area (Å²) >= 11 is 3.57. The molecular formula is C14H15BrN2. The largest absolute Gasteiger partial charge is 0.305 e. The van der Waals surface area contributed by atoms with Gasteiger partial charge in [-0.3, -0.25) is 4.98 Å². The van der Waals surface area contributed by atoms with Crippen LogP contribution in [0.1, 0.15) is 24.2 Å². The first-order valence-corrected chi connectivity index (χ1v) is 6.44. The topological polar surface area (TPSA) is 24.9 Å².